The van der Waals surface area contributed by atoms with Gasteiger partial charge in [-0.3, -0.25) is 4.79 Å². The molecule has 2 unspecified atom stereocenters. The van der Waals surface area contributed by atoms with E-state index in [0.29, 0.717) is 25.3 Å². The van der Waals surface area contributed by atoms with Gasteiger partial charge in [0.2, 0.25) is 5.91 Å². The van der Waals surface area contributed by atoms with Crippen LogP contribution < -0.4 is 5.73 Å². The van der Waals surface area contributed by atoms with Crippen molar-refractivity contribution in [1.82, 2.24) is 4.90 Å². The molecule has 0 radical (unpaired) electrons. The molecule has 1 amide bonds. The van der Waals surface area contributed by atoms with Gasteiger partial charge in [0.25, 0.3) is 0 Å². The number of hydrogen-bond acceptors (Lipinski definition) is 3. The van der Waals surface area contributed by atoms with E-state index in [1.54, 1.807) is 17.0 Å². The van der Waals surface area contributed by atoms with Crippen LogP contribution in [0.25, 0.3) is 0 Å². The van der Waals surface area contributed by atoms with Crippen molar-refractivity contribution in [2.75, 3.05) is 19.7 Å². The summed E-state index contributed by atoms with van der Waals surface area (Å²) in [5.74, 6) is -0.333. The van der Waals surface area contributed by atoms with E-state index in [-0.39, 0.29) is 30.3 Å². The van der Waals surface area contributed by atoms with Gasteiger partial charge < -0.3 is 15.4 Å². The van der Waals surface area contributed by atoms with Crippen LogP contribution in [0.4, 0.5) is 4.39 Å². The van der Waals surface area contributed by atoms with E-state index < -0.39 is 0 Å². The number of carbonyl (C=O) groups is 1. The van der Waals surface area contributed by atoms with Crippen LogP contribution in [-0.4, -0.2) is 42.6 Å². The van der Waals surface area contributed by atoms with Crippen molar-refractivity contribution >= 4 is 5.91 Å². The molecule has 1 aromatic carbocycles. The summed E-state index contributed by atoms with van der Waals surface area (Å²) in [7, 11) is 0. The Morgan fingerprint density at radius 3 is 3.11 bits per heavy atom. The Labute approximate surface area is 112 Å². The average Bonchev–Trinajstić information content (AvgIpc) is 2.39. The molecule has 1 saturated heterocycles. The molecule has 19 heavy (non-hydrogen) atoms. The molecule has 2 atom stereocenters. The number of nitrogens with two attached hydrogens (primary N) is 1. The van der Waals surface area contributed by atoms with E-state index in [1.807, 2.05) is 6.92 Å². The smallest absolute Gasteiger partial charge is 0.227 e. The predicted molar refractivity (Wildman–Crippen MR) is 70.1 cm³/mol. The van der Waals surface area contributed by atoms with Crippen molar-refractivity contribution in [1.29, 1.82) is 0 Å². The van der Waals surface area contributed by atoms with Crippen molar-refractivity contribution in [3.63, 3.8) is 0 Å². The van der Waals surface area contributed by atoms with E-state index in [4.69, 9.17) is 10.5 Å². The lowest BCUT2D eigenvalue weighted by Gasteiger charge is -2.34. The molecular weight excluding hydrogens is 247 g/mol. The minimum atomic E-state index is -0.319. The van der Waals surface area contributed by atoms with E-state index in [1.165, 1.54) is 12.1 Å². The number of benzene rings is 1. The Kier molecular flexibility index (Phi) is 4.50. The first-order valence-corrected chi connectivity index (χ1v) is 6.45. The van der Waals surface area contributed by atoms with Crippen molar-refractivity contribution in [3.05, 3.63) is 35.6 Å². The normalized spacial score (nSPS) is 21.2. The van der Waals surface area contributed by atoms with Crippen LogP contribution in [0.2, 0.25) is 0 Å². The maximum absolute atomic E-state index is 13.1. The molecule has 0 bridgehead atoms. The third-order valence-corrected chi connectivity index (χ3v) is 3.28. The van der Waals surface area contributed by atoms with Gasteiger partial charge in [-0.25, -0.2) is 4.39 Å². The molecule has 0 aromatic heterocycles. The summed E-state index contributed by atoms with van der Waals surface area (Å²) in [6.07, 6.45) is 0.0916. The minimum Gasteiger partial charge on any atom is -0.373 e. The molecule has 1 aromatic rings. The Morgan fingerprint density at radius 2 is 2.42 bits per heavy atom. The molecular formula is C14H19FN2O2. The van der Waals surface area contributed by atoms with E-state index >= 15 is 0 Å². The largest absolute Gasteiger partial charge is 0.373 e. The van der Waals surface area contributed by atoms with Gasteiger partial charge in [-0.15, -0.1) is 0 Å². The van der Waals surface area contributed by atoms with E-state index in [0.717, 1.165) is 0 Å². The van der Waals surface area contributed by atoms with Gasteiger partial charge >= 0.3 is 0 Å². The topological polar surface area (TPSA) is 55.6 Å². The fraction of sp³-hybridized carbons (Fsp3) is 0.500. The number of carbonyl (C=O) groups excluding carboxylic acids is 1. The lowest BCUT2D eigenvalue weighted by atomic mass is 10.1. The number of hydrogen-bond donors (Lipinski definition) is 1. The highest BCUT2D eigenvalue weighted by atomic mass is 19.1. The highest BCUT2D eigenvalue weighted by Crippen LogP contribution is 2.11. The molecule has 2 rings (SSSR count). The van der Waals surface area contributed by atoms with Gasteiger partial charge in [0.15, 0.2) is 0 Å². The molecule has 0 aliphatic carbocycles. The summed E-state index contributed by atoms with van der Waals surface area (Å²) in [5.41, 5.74) is 6.48. The highest BCUT2D eigenvalue weighted by molar-refractivity contribution is 5.78. The Hall–Kier alpha value is -1.46. The summed E-state index contributed by atoms with van der Waals surface area (Å²) in [4.78, 5) is 13.9. The van der Waals surface area contributed by atoms with Crippen LogP contribution in [0, 0.1) is 5.82 Å². The van der Waals surface area contributed by atoms with Crippen LogP contribution in [-0.2, 0) is 16.0 Å². The number of amides is 1. The second-order valence-electron chi connectivity index (χ2n) is 4.91. The van der Waals surface area contributed by atoms with Gasteiger partial charge in [0.1, 0.15) is 5.82 Å². The number of morpholine rings is 1. The SMILES string of the molecule is CC(N)C1CN(C(=O)Cc2cccc(F)c2)CCO1. The Balaban J connectivity index is 1.96. The van der Waals surface area contributed by atoms with Crippen molar-refractivity contribution in [2.24, 2.45) is 5.73 Å². The second-order valence-corrected chi connectivity index (χ2v) is 4.91. The molecule has 4 nitrogen and oxygen atoms in total. The third-order valence-electron chi connectivity index (χ3n) is 3.28. The molecule has 1 fully saturated rings. The van der Waals surface area contributed by atoms with Gasteiger partial charge in [-0.1, -0.05) is 12.1 Å². The fourth-order valence-corrected chi connectivity index (χ4v) is 2.15. The summed E-state index contributed by atoms with van der Waals surface area (Å²) < 4.78 is 18.6. The van der Waals surface area contributed by atoms with Gasteiger partial charge in [-0.2, -0.15) is 0 Å². The van der Waals surface area contributed by atoms with Gasteiger partial charge in [0, 0.05) is 19.1 Å². The van der Waals surface area contributed by atoms with Crippen LogP contribution in [0.15, 0.2) is 24.3 Å². The maximum Gasteiger partial charge on any atom is 0.227 e. The molecule has 1 aliphatic rings. The van der Waals surface area contributed by atoms with Crippen LogP contribution in [0.3, 0.4) is 0 Å². The zero-order valence-electron chi connectivity index (χ0n) is 11.0. The average molecular weight is 266 g/mol. The van der Waals surface area contributed by atoms with Gasteiger partial charge in [0.05, 0.1) is 19.1 Å². The van der Waals surface area contributed by atoms with Crippen LogP contribution >= 0.6 is 0 Å². The minimum absolute atomic E-state index is 0.0143. The first-order chi connectivity index (χ1) is 9.06. The number of nitrogens with zero attached hydrogens (tertiary/aromatic N) is 1. The molecule has 0 saturated carbocycles. The van der Waals surface area contributed by atoms with Crippen molar-refractivity contribution in [2.45, 2.75) is 25.5 Å². The standard InChI is InChI=1S/C14H19FN2O2/c1-10(16)13-9-17(5-6-19-13)14(18)8-11-3-2-4-12(15)7-11/h2-4,7,10,13H,5-6,8-9,16H2,1H3. The quantitative estimate of drug-likeness (QED) is 0.886. The molecule has 104 valence electrons. The summed E-state index contributed by atoms with van der Waals surface area (Å²) in [6.45, 7) is 3.44. The molecule has 0 spiro atoms. The predicted octanol–water partition coefficient (Wildman–Crippen LogP) is 0.943. The molecule has 1 heterocycles. The van der Waals surface area contributed by atoms with Crippen molar-refractivity contribution in [3.8, 4) is 0 Å². The van der Waals surface area contributed by atoms with Crippen LogP contribution in [0.5, 0.6) is 0 Å². The van der Waals surface area contributed by atoms with E-state index in [9.17, 15) is 9.18 Å². The lowest BCUT2D eigenvalue weighted by molar-refractivity contribution is -0.138. The second kappa shape index (κ2) is 6.12. The molecule has 5 heteroatoms. The Morgan fingerprint density at radius 1 is 1.63 bits per heavy atom. The summed E-state index contributed by atoms with van der Waals surface area (Å²) >= 11 is 0. The zero-order valence-corrected chi connectivity index (χ0v) is 11.0. The number of rotatable bonds is 3. The zero-order chi connectivity index (χ0) is 13.8. The first-order valence-electron chi connectivity index (χ1n) is 6.45. The monoisotopic (exact) mass is 266 g/mol. The number of ether oxygens (including phenoxy) is 1. The number of halogens is 1. The maximum atomic E-state index is 13.1. The summed E-state index contributed by atoms with van der Waals surface area (Å²) in [6, 6.07) is 6.02. The van der Waals surface area contributed by atoms with Crippen LogP contribution in [0.1, 0.15) is 12.5 Å². The fourth-order valence-electron chi connectivity index (χ4n) is 2.15. The van der Waals surface area contributed by atoms with E-state index in [2.05, 4.69) is 0 Å². The third kappa shape index (κ3) is 3.75. The summed E-state index contributed by atoms with van der Waals surface area (Å²) in [5, 5.41) is 0. The Bertz CT molecular complexity index is 451. The lowest BCUT2D eigenvalue weighted by Crippen LogP contribution is -2.51. The molecule has 1 aliphatic heterocycles. The molecule has 2 N–H and O–H groups in total. The van der Waals surface area contributed by atoms with Gasteiger partial charge in [-0.05, 0) is 24.6 Å². The van der Waals surface area contributed by atoms with Crippen molar-refractivity contribution < 1.29 is 13.9 Å². The highest BCUT2D eigenvalue weighted by Gasteiger charge is 2.26. The first kappa shape index (κ1) is 14.0.